The summed E-state index contributed by atoms with van der Waals surface area (Å²) in [5, 5.41) is 3.22. The molecule has 0 aliphatic carbocycles. The molecular formula is C11H12ClN3O2S. The topological polar surface area (TPSA) is 62.3 Å². The minimum Gasteiger partial charge on any atom is -0.332 e. The monoisotopic (exact) mass is 285 g/mol. The number of hydrogen-bond donors (Lipinski definition) is 1. The lowest BCUT2D eigenvalue weighted by Crippen LogP contribution is -2.27. The van der Waals surface area contributed by atoms with Crippen molar-refractivity contribution in [3.05, 3.63) is 23.4 Å². The Morgan fingerprint density at radius 3 is 3.00 bits per heavy atom. The van der Waals surface area contributed by atoms with Crippen molar-refractivity contribution in [2.24, 2.45) is 0 Å². The number of anilines is 1. The minimum atomic E-state index is -0.158. The first-order valence-corrected chi connectivity index (χ1v) is 6.84. The third-order valence-corrected chi connectivity index (χ3v) is 3.56. The normalized spacial score (nSPS) is 14.9. The molecule has 96 valence electrons. The molecule has 0 aromatic carbocycles. The largest absolute Gasteiger partial charge is 0.332 e. The van der Waals surface area contributed by atoms with Gasteiger partial charge in [0.1, 0.15) is 5.82 Å². The molecule has 2 rings (SSSR count). The number of thioether (sulfide) groups is 1. The fourth-order valence-electron chi connectivity index (χ4n) is 1.52. The van der Waals surface area contributed by atoms with Gasteiger partial charge in [-0.15, -0.1) is 0 Å². The summed E-state index contributed by atoms with van der Waals surface area (Å²) in [7, 11) is 0. The number of hydrogen-bond acceptors (Lipinski definition) is 4. The van der Waals surface area contributed by atoms with Crippen LogP contribution >= 0.6 is 23.4 Å². The Morgan fingerprint density at radius 1 is 1.56 bits per heavy atom. The van der Waals surface area contributed by atoms with Gasteiger partial charge in [0.25, 0.3) is 5.24 Å². The lowest BCUT2D eigenvalue weighted by molar-refractivity contribution is -0.116. The molecule has 0 spiro atoms. The number of nitrogens with zero attached hydrogens (tertiary/aromatic N) is 2. The van der Waals surface area contributed by atoms with Gasteiger partial charge in [-0.3, -0.25) is 9.59 Å². The lowest BCUT2D eigenvalue weighted by Gasteiger charge is -2.13. The molecular weight excluding hydrogens is 274 g/mol. The molecule has 2 heterocycles. The number of nitrogens with one attached hydrogen (secondary N) is 1. The summed E-state index contributed by atoms with van der Waals surface area (Å²) < 4.78 is 0. The number of carbonyl (C=O) groups is 2. The summed E-state index contributed by atoms with van der Waals surface area (Å²) in [5.74, 6) is 1.11. The van der Waals surface area contributed by atoms with E-state index in [2.05, 4.69) is 10.3 Å². The molecule has 1 fully saturated rings. The molecule has 1 aromatic rings. The van der Waals surface area contributed by atoms with Gasteiger partial charge < -0.3 is 10.2 Å². The van der Waals surface area contributed by atoms with Crippen molar-refractivity contribution < 1.29 is 9.59 Å². The SMILES string of the molecule is O=C(CCN1CCSC1=O)Nc1ccc(Cl)cn1. The van der Waals surface area contributed by atoms with E-state index in [1.54, 1.807) is 17.0 Å². The molecule has 1 aromatic heterocycles. The molecule has 0 unspecified atom stereocenters. The summed E-state index contributed by atoms with van der Waals surface area (Å²) in [5.41, 5.74) is 0. The van der Waals surface area contributed by atoms with Crippen LogP contribution in [0.25, 0.3) is 0 Å². The zero-order valence-corrected chi connectivity index (χ0v) is 11.1. The maximum absolute atomic E-state index is 11.6. The van der Waals surface area contributed by atoms with E-state index in [0.717, 1.165) is 12.3 Å². The number of halogens is 1. The van der Waals surface area contributed by atoms with Crippen LogP contribution in [-0.4, -0.2) is 39.9 Å². The van der Waals surface area contributed by atoms with Crippen LogP contribution in [0.4, 0.5) is 10.6 Å². The van der Waals surface area contributed by atoms with Crippen LogP contribution in [0.2, 0.25) is 5.02 Å². The molecule has 2 amide bonds. The van der Waals surface area contributed by atoms with E-state index in [-0.39, 0.29) is 17.6 Å². The van der Waals surface area contributed by atoms with Gasteiger partial charge in [0.15, 0.2) is 0 Å². The van der Waals surface area contributed by atoms with Crippen LogP contribution in [0.15, 0.2) is 18.3 Å². The van der Waals surface area contributed by atoms with Gasteiger partial charge in [-0.25, -0.2) is 4.98 Å². The number of carbonyl (C=O) groups excluding carboxylic acids is 2. The Hall–Kier alpha value is -1.27. The highest BCUT2D eigenvalue weighted by molar-refractivity contribution is 8.13. The molecule has 1 aliphatic heterocycles. The van der Waals surface area contributed by atoms with Crippen LogP contribution < -0.4 is 5.32 Å². The average molecular weight is 286 g/mol. The molecule has 5 nitrogen and oxygen atoms in total. The summed E-state index contributed by atoms with van der Waals surface area (Å²) >= 11 is 6.98. The number of aromatic nitrogens is 1. The van der Waals surface area contributed by atoms with E-state index < -0.39 is 0 Å². The molecule has 0 atom stereocenters. The van der Waals surface area contributed by atoms with E-state index in [1.807, 2.05) is 0 Å². The Kier molecular flexibility index (Phi) is 4.43. The summed E-state index contributed by atoms with van der Waals surface area (Å²) in [4.78, 5) is 28.6. The van der Waals surface area contributed by atoms with E-state index in [9.17, 15) is 9.59 Å². The van der Waals surface area contributed by atoms with Gasteiger partial charge in [-0.2, -0.15) is 0 Å². The predicted molar refractivity (Wildman–Crippen MR) is 71.9 cm³/mol. The highest BCUT2D eigenvalue weighted by Gasteiger charge is 2.21. The highest BCUT2D eigenvalue weighted by atomic mass is 35.5. The van der Waals surface area contributed by atoms with Gasteiger partial charge in [0.05, 0.1) is 5.02 Å². The number of amides is 2. The Bertz CT molecular complexity index is 452. The van der Waals surface area contributed by atoms with Crippen LogP contribution in [0, 0.1) is 0 Å². The Labute approximate surface area is 114 Å². The summed E-state index contributed by atoms with van der Waals surface area (Å²) in [6, 6.07) is 3.29. The predicted octanol–water partition coefficient (Wildman–Crippen LogP) is 2.23. The first kappa shape index (κ1) is 13.2. The zero-order valence-electron chi connectivity index (χ0n) is 9.56. The molecule has 1 saturated heterocycles. The standard InChI is InChI=1S/C11H12ClN3O2S/c12-8-1-2-9(13-7-8)14-10(16)3-4-15-5-6-18-11(15)17/h1-2,7H,3-6H2,(H,13,14,16). The maximum atomic E-state index is 11.6. The van der Waals surface area contributed by atoms with E-state index in [4.69, 9.17) is 11.6 Å². The molecule has 0 bridgehead atoms. The summed E-state index contributed by atoms with van der Waals surface area (Å²) in [6.45, 7) is 1.17. The van der Waals surface area contributed by atoms with E-state index >= 15 is 0 Å². The third kappa shape index (κ3) is 3.61. The zero-order chi connectivity index (χ0) is 13.0. The highest BCUT2D eigenvalue weighted by Crippen LogP contribution is 2.17. The lowest BCUT2D eigenvalue weighted by atomic mass is 10.3. The van der Waals surface area contributed by atoms with Crippen molar-refractivity contribution in [3.8, 4) is 0 Å². The fourth-order valence-corrected chi connectivity index (χ4v) is 2.48. The van der Waals surface area contributed by atoms with Crippen LogP contribution in [0.3, 0.4) is 0 Å². The molecule has 0 radical (unpaired) electrons. The third-order valence-electron chi connectivity index (χ3n) is 2.45. The van der Waals surface area contributed by atoms with Gasteiger partial charge in [-0.05, 0) is 12.1 Å². The Balaban J connectivity index is 1.78. The minimum absolute atomic E-state index is 0.0485. The molecule has 0 saturated carbocycles. The van der Waals surface area contributed by atoms with Crippen LogP contribution in [0.1, 0.15) is 6.42 Å². The second-order valence-electron chi connectivity index (χ2n) is 3.76. The van der Waals surface area contributed by atoms with E-state index in [0.29, 0.717) is 17.4 Å². The maximum Gasteiger partial charge on any atom is 0.281 e. The molecule has 1 N–H and O–H groups in total. The fraction of sp³-hybridized carbons (Fsp3) is 0.364. The van der Waals surface area contributed by atoms with Crippen molar-refractivity contribution in [2.45, 2.75) is 6.42 Å². The second kappa shape index (κ2) is 6.06. The van der Waals surface area contributed by atoms with Crippen molar-refractivity contribution in [2.75, 3.05) is 24.2 Å². The number of rotatable bonds is 4. The smallest absolute Gasteiger partial charge is 0.281 e. The summed E-state index contributed by atoms with van der Waals surface area (Å²) in [6.07, 6.45) is 1.74. The molecule has 7 heteroatoms. The van der Waals surface area contributed by atoms with Crippen LogP contribution in [-0.2, 0) is 4.79 Å². The first-order chi connectivity index (χ1) is 8.65. The van der Waals surface area contributed by atoms with Gasteiger partial charge >= 0.3 is 0 Å². The number of pyridine rings is 1. The quantitative estimate of drug-likeness (QED) is 0.921. The molecule has 18 heavy (non-hydrogen) atoms. The van der Waals surface area contributed by atoms with Crippen LogP contribution in [0.5, 0.6) is 0 Å². The first-order valence-electron chi connectivity index (χ1n) is 5.48. The van der Waals surface area contributed by atoms with Crippen molar-refractivity contribution >= 4 is 40.3 Å². The van der Waals surface area contributed by atoms with Gasteiger partial charge in [-0.1, -0.05) is 23.4 Å². The Morgan fingerprint density at radius 2 is 2.39 bits per heavy atom. The van der Waals surface area contributed by atoms with Gasteiger partial charge in [0.2, 0.25) is 5.91 Å². The average Bonchev–Trinajstić information content (AvgIpc) is 2.75. The van der Waals surface area contributed by atoms with Gasteiger partial charge in [0, 0.05) is 31.5 Å². The van der Waals surface area contributed by atoms with Crippen molar-refractivity contribution in [3.63, 3.8) is 0 Å². The second-order valence-corrected chi connectivity index (χ2v) is 5.24. The van der Waals surface area contributed by atoms with E-state index in [1.165, 1.54) is 18.0 Å². The molecule has 1 aliphatic rings. The van der Waals surface area contributed by atoms with Crippen molar-refractivity contribution in [1.29, 1.82) is 0 Å². The van der Waals surface area contributed by atoms with Crippen molar-refractivity contribution in [1.82, 2.24) is 9.88 Å².